The van der Waals surface area contributed by atoms with Gasteiger partial charge in [0.2, 0.25) is 5.91 Å². The fourth-order valence-corrected chi connectivity index (χ4v) is 3.07. The van der Waals surface area contributed by atoms with Crippen molar-refractivity contribution >= 4 is 29.4 Å². The molecule has 2 aromatic carbocycles. The molecule has 1 fully saturated rings. The molecule has 8 heteroatoms. The summed E-state index contributed by atoms with van der Waals surface area (Å²) in [5.74, 6) is -1.13. The van der Waals surface area contributed by atoms with Gasteiger partial charge in [0, 0.05) is 18.3 Å². The smallest absolute Gasteiger partial charge is 0.325 e. The first kappa shape index (κ1) is 20.1. The summed E-state index contributed by atoms with van der Waals surface area (Å²) in [4.78, 5) is 49.3. The van der Waals surface area contributed by atoms with Crippen molar-refractivity contribution in [1.29, 1.82) is 0 Å². The Labute approximate surface area is 168 Å². The Morgan fingerprint density at radius 3 is 2.38 bits per heavy atom. The van der Waals surface area contributed by atoms with E-state index in [0.717, 1.165) is 10.5 Å². The molecule has 0 saturated carbocycles. The first-order chi connectivity index (χ1) is 14.0. The zero-order chi connectivity index (χ0) is 20.8. The van der Waals surface area contributed by atoms with Gasteiger partial charge in [0.25, 0.3) is 11.8 Å². The van der Waals surface area contributed by atoms with E-state index in [2.05, 4.69) is 16.0 Å². The van der Waals surface area contributed by atoms with Gasteiger partial charge in [0.1, 0.15) is 12.6 Å². The van der Waals surface area contributed by atoms with Crippen LogP contribution in [0.25, 0.3) is 0 Å². The van der Waals surface area contributed by atoms with Crippen LogP contribution in [0.2, 0.25) is 0 Å². The number of amides is 5. The highest BCUT2D eigenvalue weighted by atomic mass is 16.2. The average molecular weight is 394 g/mol. The van der Waals surface area contributed by atoms with E-state index in [-0.39, 0.29) is 12.5 Å². The minimum absolute atomic E-state index is 0.233. The van der Waals surface area contributed by atoms with Crippen molar-refractivity contribution in [3.8, 4) is 0 Å². The van der Waals surface area contributed by atoms with Crippen LogP contribution >= 0.6 is 0 Å². The normalized spacial score (nSPS) is 15.8. The molecule has 2 aromatic rings. The number of nitrogens with zero attached hydrogens (tertiary/aromatic N) is 1. The van der Waals surface area contributed by atoms with E-state index in [1.165, 1.54) is 7.05 Å². The molecule has 0 aliphatic carbocycles. The first-order valence-electron chi connectivity index (χ1n) is 9.25. The van der Waals surface area contributed by atoms with Gasteiger partial charge in [-0.05, 0) is 42.7 Å². The highest BCUT2D eigenvalue weighted by Crippen LogP contribution is 2.14. The minimum atomic E-state index is -0.637. The molecule has 29 heavy (non-hydrogen) atoms. The third-order valence-corrected chi connectivity index (χ3v) is 4.63. The van der Waals surface area contributed by atoms with Gasteiger partial charge in [-0.3, -0.25) is 19.3 Å². The lowest BCUT2D eigenvalue weighted by Crippen LogP contribution is -2.38. The van der Waals surface area contributed by atoms with E-state index in [9.17, 15) is 19.2 Å². The van der Waals surface area contributed by atoms with Gasteiger partial charge in [-0.15, -0.1) is 0 Å². The predicted octanol–water partition coefficient (Wildman–Crippen LogP) is 1.54. The molecule has 0 radical (unpaired) electrons. The molecule has 8 nitrogen and oxygen atoms in total. The lowest BCUT2D eigenvalue weighted by molar-refractivity contribution is -0.130. The van der Waals surface area contributed by atoms with Crippen LogP contribution in [0.3, 0.4) is 0 Å². The van der Waals surface area contributed by atoms with Gasteiger partial charge in [-0.2, -0.15) is 0 Å². The second kappa shape index (κ2) is 9.01. The Morgan fingerprint density at radius 1 is 1.03 bits per heavy atom. The number of carbonyl (C=O) groups is 4. The topological polar surface area (TPSA) is 108 Å². The standard InChI is InChI=1S/C21H22N4O4/c1-22-19(27)15-8-10-16(11-9-15)23-18(26)13-25-20(28)17(24-21(25)29)12-7-14-5-3-2-4-6-14/h2-6,8-11,17H,7,12-13H2,1H3,(H,22,27)(H,23,26)(H,24,29). The Balaban J connectivity index is 1.53. The van der Waals surface area contributed by atoms with Crippen LogP contribution in [0.5, 0.6) is 0 Å². The van der Waals surface area contributed by atoms with E-state index in [4.69, 9.17) is 0 Å². The summed E-state index contributed by atoms with van der Waals surface area (Å²) in [6.07, 6.45) is 1.11. The summed E-state index contributed by atoms with van der Waals surface area (Å²) in [7, 11) is 1.53. The van der Waals surface area contributed by atoms with Crippen LogP contribution < -0.4 is 16.0 Å². The molecule has 1 aliphatic heterocycles. The molecule has 3 rings (SSSR count). The van der Waals surface area contributed by atoms with Crippen LogP contribution in [-0.4, -0.2) is 48.3 Å². The molecule has 0 aromatic heterocycles. The van der Waals surface area contributed by atoms with Crippen LogP contribution in [0.1, 0.15) is 22.3 Å². The van der Waals surface area contributed by atoms with Gasteiger partial charge in [-0.1, -0.05) is 30.3 Å². The number of benzene rings is 2. The molecule has 0 bridgehead atoms. The zero-order valence-electron chi connectivity index (χ0n) is 16.0. The number of anilines is 1. The summed E-state index contributed by atoms with van der Waals surface area (Å²) in [6, 6.07) is 14.8. The largest absolute Gasteiger partial charge is 0.355 e. The van der Waals surface area contributed by atoms with Crippen molar-refractivity contribution in [2.75, 3.05) is 18.9 Å². The maximum absolute atomic E-state index is 12.5. The van der Waals surface area contributed by atoms with Crippen molar-refractivity contribution in [1.82, 2.24) is 15.5 Å². The van der Waals surface area contributed by atoms with Gasteiger partial charge in [0.15, 0.2) is 0 Å². The average Bonchev–Trinajstić information content (AvgIpc) is 3.00. The summed E-state index contributed by atoms with van der Waals surface area (Å²) in [5.41, 5.74) is 2.00. The fraction of sp³-hybridized carbons (Fsp3) is 0.238. The molecule has 1 saturated heterocycles. The van der Waals surface area contributed by atoms with Gasteiger partial charge in [-0.25, -0.2) is 4.79 Å². The quantitative estimate of drug-likeness (QED) is 0.619. The number of hydrogen-bond acceptors (Lipinski definition) is 4. The third-order valence-electron chi connectivity index (χ3n) is 4.63. The SMILES string of the molecule is CNC(=O)c1ccc(NC(=O)CN2C(=O)NC(CCc3ccccc3)C2=O)cc1. The predicted molar refractivity (Wildman–Crippen MR) is 107 cm³/mol. The van der Waals surface area contributed by atoms with Gasteiger partial charge in [0.05, 0.1) is 0 Å². The van der Waals surface area contributed by atoms with Gasteiger partial charge < -0.3 is 16.0 Å². The molecular formula is C21H22N4O4. The monoisotopic (exact) mass is 394 g/mol. The Hall–Kier alpha value is -3.68. The Kier molecular flexibility index (Phi) is 6.23. The second-order valence-corrected chi connectivity index (χ2v) is 6.66. The maximum Gasteiger partial charge on any atom is 0.325 e. The second-order valence-electron chi connectivity index (χ2n) is 6.66. The lowest BCUT2D eigenvalue weighted by Gasteiger charge is -2.13. The van der Waals surface area contributed by atoms with Crippen LogP contribution in [0, 0.1) is 0 Å². The molecule has 5 amide bonds. The summed E-state index contributed by atoms with van der Waals surface area (Å²) in [5, 5.41) is 7.76. The van der Waals surface area contributed by atoms with E-state index in [1.54, 1.807) is 24.3 Å². The van der Waals surface area contributed by atoms with Crippen LogP contribution in [0.15, 0.2) is 54.6 Å². The number of carbonyl (C=O) groups excluding carboxylic acids is 4. The fourth-order valence-electron chi connectivity index (χ4n) is 3.07. The Morgan fingerprint density at radius 2 is 1.72 bits per heavy atom. The van der Waals surface area contributed by atoms with Gasteiger partial charge >= 0.3 is 6.03 Å². The molecule has 0 spiro atoms. The zero-order valence-corrected chi connectivity index (χ0v) is 16.0. The molecule has 1 atom stereocenters. The van der Waals surface area contributed by atoms with E-state index in [0.29, 0.717) is 24.1 Å². The van der Waals surface area contributed by atoms with E-state index >= 15 is 0 Å². The van der Waals surface area contributed by atoms with Crippen LogP contribution in [0.4, 0.5) is 10.5 Å². The molecule has 1 unspecified atom stereocenters. The number of imide groups is 1. The maximum atomic E-state index is 12.5. The molecule has 1 heterocycles. The Bertz CT molecular complexity index is 912. The number of rotatable bonds is 7. The number of aryl methyl sites for hydroxylation is 1. The minimum Gasteiger partial charge on any atom is -0.355 e. The van der Waals surface area contributed by atoms with Crippen molar-refractivity contribution < 1.29 is 19.2 Å². The summed E-state index contributed by atoms with van der Waals surface area (Å²) >= 11 is 0. The van der Waals surface area contributed by atoms with E-state index < -0.39 is 23.9 Å². The lowest BCUT2D eigenvalue weighted by atomic mass is 10.1. The summed E-state index contributed by atoms with van der Waals surface area (Å²) < 4.78 is 0. The summed E-state index contributed by atoms with van der Waals surface area (Å²) in [6.45, 7) is -0.371. The number of hydrogen-bond donors (Lipinski definition) is 3. The highest BCUT2D eigenvalue weighted by molar-refractivity contribution is 6.08. The van der Waals surface area contributed by atoms with Crippen molar-refractivity contribution in [3.05, 3.63) is 65.7 Å². The van der Waals surface area contributed by atoms with Crippen molar-refractivity contribution in [3.63, 3.8) is 0 Å². The first-order valence-corrected chi connectivity index (χ1v) is 9.25. The highest BCUT2D eigenvalue weighted by Gasteiger charge is 2.38. The van der Waals surface area contributed by atoms with E-state index in [1.807, 2.05) is 30.3 Å². The molecule has 3 N–H and O–H groups in total. The van der Waals surface area contributed by atoms with Crippen molar-refractivity contribution in [2.24, 2.45) is 0 Å². The molecule has 150 valence electrons. The number of urea groups is 1. The third kappa shape index (κ3) is 4.98. The molecule has 1 aliphatic rings. The molecular weight excluding hydrogens is 372 g/mol. The number of nitrogens with one attached hydrogen (secondary N) is 3. The van der Waals surface area contributed by atoms with Crippen molar-refractivity contribution in [2.45, 2.75) is 18.9 Å². The van der Waals surface area contributed by atoms with Crippen LogP contribution in [-0.2, 0) is 16.0 Å².